The minimum atomic E-state index is -4.26. The molecule has 0 radical (unpaired) electrons. The number of hydrogen-bond acceptors (Lipinski definition) is 2. The Hall–Kier alpha value is -1.56. The summed E-state index contributed by atoms with van der Waals surface area (Å²) in [5.74, 6) is -0.502. The second kappa shape index (κ2) is 6.39. The molecule has 1 aromatic carbocycles. The predicted molar refractivity (Wildman–Crippen MR) is 62.2 cm³/mol. The minimum absolute atomic E-state index is 0.350. The van der Waals surface area contributed by atoms with Crippen LogP contribution in [-0.2, 0) is 6.42 Å². The van der Waals surface area contributed by atoms with Gasteiger partial charge in [0.2, 0.25) is 0 Å². The summed E-state index contributed by atoms with van der Waals surface area (Å²) in [6.07, 6.45) is -4.65. The number of carbonyl (C=O) groups excluding carboxylic acids is 1. The molecule has 3 nitrogen and oxygen atoms in total. The van der Waals surface area contributed by atoms with Crippen molar-refractivity contribution < 1.29 is 18.0 Å². The van der Waals surface area contributed by atoms with Gasteiger partial charge < -0.3 is 11.1 Å². The Bertz CT molecular complexity index is 405. The first-order valence-electron chi connectivity index (χ1n) is 5.56. The topological polar surface area (TPSA) is 55.1 Å². The van der Waals surface area contributed by atoms with Gasteiger partial charge in [0.15, 0.2) is 0 Å². The Balaban J connectivity index is 2.53. The van der Waals surface area contributed by atoms with Crippen molar-refractivity contribution >= 4 is 5.91 Å². The van der Waals surface area contributed by atoms with E-state index in [1.165, 1.54) is 0 Å². The van der Waals surface area contributed by atoms with E-state index in [0.29, 0.717) is 18.5 Å². The van der Waals surface area contributed by atoms with Crippen LogP contribution in [0, 0.1) is 0 Å². The lowest BCUT2D eigenvalue weighted by atomic mass is 10.1. The molecule has 0 atom stereocenters. The fourth-order valence-corrected chi connectivity index (χ4v) is 1.45. The van der Waals surface area contributed by atoms with E-state index in [9.17, 15) is 18.0 Å². The monoisotopic (exact) mass is 260 g/mol. The molecule has 0 saturated carbocycles. The lowest BCUT2D eigenvalue weighted by Gasteiger charge is -2.08. The van der Waals surface area contributed by atoms with Crippen LogP contribution in [0.5, 0.6) is 0 Å². The van der Waals surface area contributed by atoms with Crippen molar-refractivity contribution in [3.8, 4) is 0 Å². The van der Waals surface area contributed by atoms with Crippen molar-refractivity contribution in [3.63, 3.8) is 0 Å². The summed E-state index contributed by atoms with van der Waals surface area (Å²) < 4.78 is 35.7. The maximum absolute atomic E-state index is 11.9. The Labute approximate surface area is 103 Å². The maximum atomic E-state index is 11.9. The number of carbonyl (C=O) groups is 1. The van der Waals surface area contributed by atoms with Crippen LogP contribution in [0.1, 0.15) is 22.3 Å². The van der Waals surface area contributed by atoms with Crippen molar-refractivity contribution in [1.82, 2.24) is 5.32 Å². The quantitative estimate of drug-likeness (QED) is 0.849. The number of nitrogens with one attached hydrogen (secondary N) is 1. The van der Waals surface area contributed by atoms with E-state index in [-0.39, 0.29) is 0 Å². The normalized spacial score (nSPS) is 11.3. The molecule has 0 aromatic heterocycles. The molecule has 0 aliphatic rings. The predicted octanol–water partition coefficient (Wildman–Crippen LogP) is 1.87. The SMILES string of the molecule is NCCc1cccc(C(=O)NCCC(F)(F)F)c1. The van der Waals surface area contributed by atoms with Crippen LogP contribution >= 0.6 is 0 Å². The molecule has 1 aromatic rings. The Morgan fingerprint density at radius 3 is 2.67 bits per heavy atom. The molecule has 0 unspecified atom stereocenters. The van der Waals surface area contributed by atoms with E-state index in [4.69, 9.17) is 5.73 Å². The fraction of sp³-hybridized carbons (Fsp3) is 0.417. The molecule has 0 fully saturated rings. The van der Waals surface area contributed by atoms with Crippen LogP contribution in [0.4, 0.5) is 13.2 Å². The van der Waals surface area contributed by atoms with Gasteiger partial charge in [0.25, 0.3) is 5.91 Å². The number of amides is 1. The standard InChI is InChI=1S/C12H15F3N2O/c13-12(14,15)5-7-17-11(18)10-3-1-2-9(8-10)4-6-16/h1-3,8H,4-7,16H2,(H,17,18). The fourth-order valence-electron chi connectivity index (χ4n) is 1.45. The highest BCUT2D eigenvalue weighted by molar-refractivity contribution is 5.94. The molecular formula is C12H15F3N2O. The lowest BCUT2D eigenvalue weighted by molar-refractivity contribution is -0.132. The first kappa shape index (κ1) is 14.5. The zero-order valence-corrected chi connectivity index (χ0v) is 9.76. The Morgan fingerprint density at radius 1 is 1.33 bits per heavy atom. The van der Waals surface area contributed by atoms with E-state index in [0.717, 1.165) is 5.56 Å². The van der Waals surface area contributed by atoms with Gasteiger partial charge in [-0.3, -0.25) is 4.79 Å². The lowest BCUT2D eigenvalue weighted by Crippen LogP contribution is -2.28. The van der Waals surface area contributed by atoms with E-state index in [1.807, 2.05) is 6.07 Å². The van der Waals surface area contributed by atoms with Crippen molar-refractivity contribution in [1.29, 1.82) is 0 Å². The highest BCUT2D eigenvalue weighted by Gasteiger charge is 2.26. The number of benzene rings is 1. The molecule has 0 heterocycles. The highest BCUT2D eigenvalue weighted by atomic mass is 19.4. The van der Waals surface area contributed by atoms with Crippen LogP contribution in [-0.4, -0.2) is 25.2 Å². The summed E-state index contributed by atoms with van der Waals surface area (Å²) in [6, 6.07) is 6.70. The number of alkyl halides is 3. The molecule has 0 aliphatic carbocycles. The second-order valence-corrected chi connectivity index (χ2v) is 3.86. The van der Waals surface area contributed by atoms with Gasteiger partial charge in [0.1, 0.15) is 0 Å². The third kappa shape index (κ3) is 5.18. The molecule has 0 saturated heterocycles. The number of rotatable bonds is 5. The summed E-state index contributed by atoms with van der Waals surface area (Å²) in [4.78, 5) is 11.6. The Morgan fingerprint density at radius 2 is 2.06 bits per heavy atom. The molecule has 3 N–H and O–H groups in total. The third-order valence-corrected chi connectivity index (χ3v) is 2.32. The summed E-state index contributed by atoms with van der Waals surface area (Å²) >= 11 is 0. The zero-order chi connectivity index (χ0) is 13.6. The molecule has 100 valence electrons. The average Bonchev–Trinajstić information content (AvgIpc) is 2.28. The summed E-state index contributed by atoms with van der Waals surface area (Å²) in [7, 11) is 0. The first-order valence-corrected chi connectivity index (χ1v) is 5.56. The number of halogens is 3. The maximum Gasteiger partial charge on any atom is 0.390 e. The van der Waals surface area contributed by atoms with Crippen LogP contribution in [0.2, 0.25) is 0 Å². The van der Waals surface area contributed by atoms with Gasteiger partial charge in [-0.25, -0.2) is 0 Å². The van der Waals surface area contributed by atoms with Crippen LogP contribution in [0.25, 0.3) is 0 Å². The molecule has 6 heteroatoms. The smallest absolute Gasteiger partial charge is 0.352 e. The van der Waals surface area contributed by atoms with Crippen molar-refractivity contribution in [2.75, 3.05) is 13.1 Å². The molecule has 0 bridgehead atoms. The van der Waals surface area contributed by atoms with Gasteiger partial charge in [-0.2, -0.15) is 13.2 Å². The van der Waals surface area contributed by atoms with Gasteiger partial charge in [0.05, 0.1) is 6.42 Å². The third-order valence-electron chi connectivity index (χ3n) is 2.32. The molecule has 1 rings (SSSR count). The Kier molecular flexibility index (Phi) is 5.15. The van der Waals surface area contributed by atoms with Crippen molar-refractivity contribution in [2.45, 2.75) is 19.0 Å². The van der Waals surface area contributed by atoms with Crippen LogP contribution in [0.3, 0.4) is 0 Å². The minimum Gasteiger partial charge on any atom is -0.352 e. The van der Waals surface area contributed by atoms with Crippen LogP contribution in [0.15, 0.2) is 24.3 Å². The van der Waals surface area contributed by atoms with Crippen molar-refractivity contribution in [3.05, 3.63) is 35.4 Å². The van der Waals surface area contributed by atoms with Gasteiger partial charge in [0, 0.05) is 12.1 Å². The molecule has 1 amide bonds. The van der Waals surface area contributed by atoms with Crippen LogP contribution < -0.4 is 11.1 Å². The zero-order valence-electron chi connectivity index (χ0n) is 9.76. The molecular weight excluding hydrogens is 245 g/mol. The first-order chi connectivity index (χ1) is 8.42. The van der Waals surface area contributed by atoms with Gasteiger partial charge in [-0.05, 0) is 30.7 Å². The van der Waals surface area contributed by atoms with E-state index in [2.05, 4.69) is 5.32 Å². The van der Waals surface area contributed by atoms with Gasteiger partial charge >= 0.3 is 6.18 Å². The van der Waals surface area contributed by atoms with Gasteiger partial charge in [-0.1, -0.05) is 12.1 Å². The largest absolute Gasteiger partial charge is 0.390 e. The summed E-state index contributed by atoms with van der Waals surface area (Å²) in [5.41, 5.74) is 6.63. The summed E-state index contributed by atoms with van der Waals surface area (Å²) in [6.45, 7) is 0.0442. The summed E-state index contributed by atoms with van der Waals surface area (Å²) in [5, 5.41) is 2.23. The second-order valence-electron chi connectivity index (χ2n) is 3.86. The average molecular weight is 260 g/mol. The van der Waals surface area contributed by atoms with E-state index >= 15 is 0 Å². The number of hydrogen-bond donors (Lipinski definition) is 2. The number of nitrogens with two attached hydrogens (primary N) is 1. The molecule has 18 heavy (non-hydrogen) atoms. The van der Waals surface area contributed by atoms with Gasteiger partial charge in [-0.15, -0.1) is 0 Å². The van der Waals surface area contributed by atoms with E-state index in [1.54, 1.807) is 18.2 Å². The highest BCUT2D eigenvalue weighted by Crippen LogP contribution is 2.18. The van der Waals surface area contributed by atoms with Crippen molar-refractivity contribution in [2.24, 2.45) is 5.73 Å². The van der Waals surface area contributed by atoms with E-state index < -0.39 is 25.0 Å². The molecule has 0 spiro atoms. The molecule has 0 aliphatic heterocycles.